The highest BCUT2D eigenvalue weighted by atomic mass is 16.4. The highest BCUT2D eigenvalue weighted by Crippen LogP contribution is 2.29. The predicted octanol–water partition coefficient (Wildman–Crippen LogP) is 1.51. The summed E-state index contributed by atoms with van der Waals surface area (Å²) in [5.41, 5.74) is -0.198. The zero-order valence-electron chi connectivity index (χ0n) is 9.48. The van der Waals surface area contributed by atoms with E-state index in [1.54, 1.807) is 32.2 Å². The van der Waals surface area contributed by atoms with E-state index >= 15 is 0 Å². The zero-order valence-corrected chi connectivity index (χ0v) is 9.48. The lowest BCUT2D eigenvalue weighted by molar-refractivity contribution is -0.142. The molecule has 1 aromatic heterocycles. The van der Waals surface area contributed by atoms with E-state index in [0.29, 0.717) is 5.82 Å². The fourth-order valence-corrected chi connectivity index (χ4v) is 1.36. The normalized spacial score (nSPS) is 11.2. The van der Waals surface area contributed by atoms with Crippen LogP contribution in [0.15, 0.2) is 18.3 Å². The molecule has 0 unspecified atom stereocenters. The van der Waals surface area contributed by atoms with Crippen LogP contribution in [0.2, 0.25) is 0 Å². The van der Waals surface area contributed by atoms with Crippen LogP contribution in [0.5, 0.6) is 0 Å². The molecular formula is C11H16N2O2. The number of anilines is 1. The first-order valence-corrected chi connectivity index (χ1v) is 4.73. The van der Waals surface area contributed by atoms with E-state index in [2.05, 4.69) is 4.98 Å². The van der Waals surface area contributed by atoms with Crippen LogP contribution in [0.25, 0.3) is 0 Å². The second-order valence-electron chi connectivity index (χ2n) is 4.20. The van der Waals surface area contributed by atoms with Crippen molar-refractivity contribution in [3.63, 3.8) is 0 Å². The molecular weight excluding hydrogens is 192 g/mol. The average molecular weight is 208 g/mol. The Labute approximate surface area is 89.6 Å². The third kappa shape index (κ3) is 2.09. The molecule has 0 aliphatic carbocycles. The van der Waals surface area contributed by atoms with Gasteiger partial charge in [-0.15, -0.1) is 0 Å². The lowest BCUT2D eigenvalue weighted by Crippen LogP contribution is -2.31. The molecule has 15 heavy (non-hydrogen) atoms. The number of pyridine rings is 1. The van der Waals surface area contributed by atoms with Crippen LogP contribution in [-0.2, 0) is 10.2 Å². The van der Waals surface area contributed by atoms with Crippen LogP contribution in [0.4, 0.5) is 5.82 Å². The Balaban J connectivity index is 3.30. The Morgan fingerprint density at radius 3 is 2.53 bits per heavy atom. The van der Waals surface area contributed by atoms with E-state index in [-0.39, 0.29) is 0 Å². The zero-order chi connectivity index (χ0) is 11.6. The van der Waals surface area contributed by atoms with Crippen molar-refractivity contribution in [2.75, 3.05) is 19.0 Å². The molecule has 0 aromatic carbocycles. The van der Waals surface area contributed by atoms with Gasteiger partial charge < -0.3 is 10.0 Å². The van der Waals surface area contributed by atoms with Gasteiger partial charge in [-0.2, -0.15) is 0 Å². The summed E-state index contributed by atoms with van der Waals surface area (Å²) < 4.78 is 0. The van der Waals surface area contributed by atoms with Crippen LogP contribution in [0, 0.1) is 0 Å². The fraction of sp³-hybridized carbons (Fsp3) is 0.455. The lowest BCUT2D eigenvalue weighted by atomic mass is 9.85. The molecule has 0 spiro atoms. The summed E-state index contributed by atoms with van der Waals surface area (Å²) in [7, 11) is 3.70. The van der Waals surface area contributed by atoms with Crippen LogP contribution in [0.3, 0.4) is 0 Å². The molecule has 1 heterocycles. The van der Waals surface area contributed by atoms with E-state index in [4.69, 9.17) is 5.11 Å². The number of aliphatic carboxylic acids is 1. The van der Waals surface area contributed by atoms with E-state index in [0.717, 1.165) is 5.56 Å². The Morgan fingerprint density at radius 1 is 1.47 bits per heavy atom. The van der Waals surface area contributed by atoms with Gasteiger partial charge in [0.15, 0.2) is 0 Å². The molecule has 82 valence electrons. The standard InChI is InChI=1S/C11H16N2O2/c1-11(2,10(14)15)8-6-5-7-12-9(8)13(3)4/h5-7H,1-4H3,(H,14,15). The van der Waals surface area contributed by atoms with Gasteiger partial charge in [-0.3, -0.25) is 4.79 Å². The van der Waals surface area contributed by atoms with Crippen molar-refractivity contribution in [3.05, 3.63) is 23.9 Å². The Morgan fingerprint density at radius 2 is 2.07 bits per heavy atom. The van der Waals surface area contributed by atoms with E-state index < -0.39 is 11.4 Å². The first-order chi connectivity index (χ1) is 6.87. The van der Waals surface area contributed by atoms with Crippen molar-refractivity contribution in [1.82, 2.24) is 4.98 Å². The quantitative estimate of drug-likeness (QED) is 0.818. The SMILES string of the molecule is CN(C)c1ncccc1C(C)(C)C(=O)O. The summed E-state index contributed by atoms with van der Waals surface area (Å²) in [4.78, 5) is 17.2. The molecule has 0 bridgehead atoms. The van der Waals surface area contributed by atoms with Gasteiger partial charge in [-0.1, -0.05) is 6.07 Å². The summed E-state index contributed by atoms with van der Waals surface area (Å²) in [5, 5.41) is 9.15. The molecule has 0 radical (unpaired) electrons. The number of hydrogen-bond donors (Lipinski definition) is 1. The maximum atomic E-state index is 11.2. The van der Waals surface area contributed by atoms with Gasteiger partial charge in [-0.25, -0.2) is 4.98 Å². The van der Waals surface area contributed by atoms with Crippen LogP contribution >= 0.6 is 0 Å². The maximum Gasteiger partial charge on any atom is 0.313 e. The Hall–Kier alpha value is -1.58. The molecule has 0 fully saturated rings. The van der Waals surface area contributed by atoms with Crippen molar-refractivity contribution in [2.45, 2.75) is 19.3 Å². The predicted molar refractivity (Wildman–Crippen MR) is 59.2 cm³/mol. The lowest BCUT2D eigenvalue weighted by Gasteiger charge is -2.25. The Kier molecular flexibility index (Phi) is 2.98. The van der Waals surface area contributed by atoms with E-state index in [1.165, 1.54) is 0 Å². The number of carboxylic acid groups (broad SMARTS) is 1. The van der Waals surface area contributed by atoms with Crippen molar-refractivity contribution in [3.8, 4) is 0 Å². The summed E-state index contributed by atoms with van der Waals surface area (Å²) in [6, 6.07) is 3.56. The molecule has 0 atom stereocenters. The van der Waals surface area contributed by atoms with Gasteiger partial charge in [-0.05, 0) is 19.9 Å². The molecule has 1 aromatic rings. The number of carbonyl (C=O) groups is 1. The minimum Gasteiger partial charge on any atom is -0.481 e. The monoisotopic (exact) mass is 208 g/mol. The molecule has 0 aliphatic heterocycles. The smallest absolute Gasteiger partial charge is 0.313 e. The number of carboxylic acids is 1. The Bertz CT molecular complexity index is 373. The minimum atomic E-state index is -0.923. The fourth-order valence-electron chi connectivity index (χ4n) is 1.36. The molecule has 0 saturated carbocycles. The number of aromatic nitrogens is 1. The van der Waals surface area contributed by atoms with Crippen LogP contribution in [-0.4, -0.2) is 30.2 Å². The molecule has 1 rings (SSSR count). The third-order valence-corrected chi connectivity index (χ3v) is 2.42. The number of rotatable bonds is 3. The second kappa shape index (κ2) is 3.88. The summed E-state index contributed by atoms with van der Waals surface area (Å²) in [6.07, 6.45) is 1.66. The largest absolute Gasteiger partial charge is 0.481 e. The highest BCUT2D eigenvalue weighted by molar-refractivity contribution is 5.82. The third-order valence-electron chi connectivity index (χ3n) is 2.42. The van der Waals surface area contributed by atoms with Gasteiger partial charge >= 0.3 is 5.97 Å². The van der Waals surface area contributed by atoms with E-state index in [1.807, 2.05) is 19.0 Å². The maximum absolute atomic E-state index is 11.2. The summed E-state index contributed by atoms with van der Waals surface area (Å²) >= 11 is 0. The minimum absolute atomic E-state index is 0.699. The van der Waals surface area contributed by atoms with Crippen molar-refractivity contribution >= 4 is 11.8 Å². The number of nitrogens with zero attached hydrogens (tertiary/aromatic N) is 2. The van der Waals surface area contributed by atoms with Gasteiger partial charge in [0.25, 0.3) is 0 Å². The molecule has 4 heteroatoms. The molecule has 1 N–H and O–H groups in total. The highest BCUT2D eigenvalue weighted by Gasteiger charge is 2.32. The van der Waals surface area contributed by atoms with Crippen molar-refractivity contribution in [2.24, 2.45) is 0 Å². The molecule has 4 nitrogen and oxygen atoms in total. The van der Waals surface area contributed by atoms with E-state index in [9.17, 15) is 4.79 Å². The molecule has 0 amide bonds. The van der Waals surface area contributed by atoms with Gasteiger partial charge in [0.05, 0.1) is 5.41 Å². The second-order valence-corrected chi connectivity index (χ2v) is 4.20. The van der Waals surface area contributed by atoms with Crippen molar-refractivity contribution < 1.29 is 9.90 Å². The first kappa shape index (κ1) is 11.5. The molecule has 0 saturated heterocycles. The summed E-state index contributed by atoms with van der Waals surface area (Å²) in [6.45, 7) is 3.36. The molecule has 0 aliphatic rings. The average Bonchev–Trinajstić information content (AvgIpc) is 2.17. The topological polar surface area (TPSA) is 53.4 Å². The summed E-state index contributed by atoms with van der Waals surface area (Å²) in [5.74, 6) is -0.150. The van der Waals surface area contributed by atoms with Crippen LogP contribution in [0.1, 0.15) is 19.4 Å². The van der Waals surface area contributed by atoms with Gasteiger partial charge in [0.2, 0.25) is 0 Å². The van der Waals surface area contributed by atoms with Crippen molar-refractivity contribution in [1.29, 1.82) is 0 Å². The first-order valence-electron chi connectivity index (χ1n) is 4.73. The van der Waals surface area contributed by atoms with Gasteiger partial charge in [0, 0.05) is 25.9 Å². The van der Waals surface area contributed by atoms with Crippen LogP contribution < -0.4 is 4.90 Å². The van der Waals surface area contributed by atoms with Gasteiger partial charge in [0.1, 0.15) is 5.82 Å². The number of hydrogen-bond acceptors (Lipinski definition) is 3.